The Labute approximate surface area is 194 Å². The number of esters is 1. The number of thioether (sulfide) groups is 1. The highest BCUT2D eigenvalue weighted by molar-refractivity contribution is 7.99. The summed E-state index contributed by atoms with van der Waals surface area (Å²) in [6, 6.07) is 7.72. The molecule has 1 aromatic carbocycles. The van der Waals surface area contributed by atoms with Crippen molar-refractivity contribution in [1.29, 1.82) is 0 Å². The maximum absolute atomic E-state index is 13.3. The van der Waals surface area contributed by atoms with Crippen molar-refractivity contribution in [2.24, 2.45) is 11.8 Å². The zero-order valence-corrected chi connectivity index (χ0v) is 19.7. The van der Waals surface area contributed by atoms with E-state index in [4.69, 9.17) is 4.74 Å². The SMILES string of the molecule is CCOC(=O)C(CCc1ccccc1)N[C@@H](C)C(=O)N1CC2CCSCC2C[C@H]1C(=O)O. The van der Waals surface area contributed by atoms with Crippen molar-refractivity contribution in [3.8, 4) is 0 Å². The second kappa shape index (κ2) is 11.7. The van der Waals surface area contributed by atoms with Gasteiger partial charge in [0.25, 0.3) is 0 Å². The molecule has 7 nitrogen and oxygen atoms in total. The van der Waals surface area contributed by atoms with Crippen molar-refractivity contribution in [2.75, 3.05) is 24.7 Å². The number of benzene rings is 1. The van der Waals surface area contributed by atoms with E-state index in [9.17, 15) is 19.5 Å². The fraction of sp³-hybridized carbons (Fsp3) is 0.625. The second-order valence-electron chi connectivity index (χ2n) is 8.68. The first-order valence-corrected chi connectivity index (χ1v) is 12.6. The number of amides is 1. The van der Waals surface area contributed by atoms with Crippen molar-refractivity contribution in [2.45, 2.75) is 57.7 Å². The second-order valence-corrected chi connectivity index (χ2v) is 9.83. The highest BCUT2D eigenvalue weighted by atomic mass is 32.2. The van der Waals surface area contributed by atoms with E-state index in [-0.39, 0.29) is 18.5 Å². The van der Waals surface area contributed by atoms with Gasteiger partial charge >= 0.3 is 11.9 Å². The summed E-state index contributed by atoms with van der Waals surface area (Å²) < 4.78 is 5.23. The van der Waals surface area contributed by atoms with Gasteiger partial charge in [-0.1, -0.05) is 30.3 Å². The first-order valence-electron chi connectivity index (χ1n) is 11.5. The molecule has 1 aromatic rings. The molecule has 2 aliphatic heterocycles. The Bertz CT molecular complexity index is 790. The molecule has 2 heterocycles. The van der Waals surface area contributed by atoms with Crippen LogP contribution in [0.25, 0.3) is 0 Å². The van der Waals surface area contributed by atoms with E-state index in [0.717, 1.165) is 23.5 Å². The van der Waals surface area contributed by atoms with Crippen molar-refractivity contribution in [1.82, 2.24) is 10.2 Å². The fourth-order valence-electron chi connectivity index (χ4n) is 4.70. The molecule has 0 aromatic heterocycles. The summed E-state index contributed by atoms with van der Waals surface area (Å²) in [7, 11) is 0. The van der Waals surface area contributed by atoms with E-state index in [0.29, 0.717) is 37.6 Å². The molecule has 176 valence electrons. The Morgan fingerprint density at radius 3 is 2.69 bits per heavy atom. The van der Waals surface area contributed by atoms with Crippen LogP contribution < -0.4 is 5.32 Å². The molecule has 2 fully saturated rings. The average molecular weight is 463 g/mol. The molecule has 3 rings (SSSR count). The monoisotopic (exact) mass is 462 g/mol. The predicted molar refractivity (Wildman–Crippen MR) is 124 cm³/mol. The van der Waals surface area contributed by atoms with Crippen LogP contribution in [-0.2, 0) is 25.5 Å². The maximum atomic E-state index is 13.3. The van der Waals surface area contributed by atoms with E-state index >= 15 is 0 Å². The van der Waals surface area contributed by atoms with Gasteiger partial charge in [0.2, 0.25) is 5.91 Å². The number of likely N-dealkylation sites (tertiary alicyclic amines) is 1. The number of hydrogen-bond acceptors (Lipinski definition) is 6. The molecule has 2 aliphatic rings. The molecule has 0 saturated carbocycles. The molecule has 1 amide bonds. The summed E-state index contributed by atoms with van der Waals surface area (Å²) in [4.78, 5) is 39.3. The number of rotatable bonds is 9. The smallest absolute Gasteiger partial charge is 0.326 e. The number of carboxylic acids is 1. The molecular formula is C24H34N2O5S. The third-order valence-corrected chi connectivity index (χ3v) is 7.68. The average Bonchev–Trinajstić information content (AvgIpc) is 2.80. The molecule has 2 saturated heterocycles. The molecule has 0 bridgehead atoms. The molecule has 3 unspecified atom stereocenters. The number of ether oxygens (including phenoxy) is 1. The maximum Gasteiger partial charge on any atom is 0.326 e. The first kappa shape index (κ1) is 24.6. The van der Waals surface area contributed by atoms with Crippen molar-refractivity contribution >= 4 is 29.6 Å². The predicted octanol–water partition coefficient (Wildman–Crippen LogP) is 2.58. The largest absolute Gasteiger partial charge is 0.480 e. The Hall–Kier alpha value is -2.06. The highest BCUT2D eigenvalue weighted by Crippen LogP contribution is 2.37. The number of aryl methyl sites for hydroxylation is 1. The fourth-order valence-corrected chi connectivity index (χ4v) is 6.05. The topological polar surface area (TPSA) is 95.9 Å². The summed E-state index contributed by atoms with van der Waals surface area (Å²) in [6.45, 7) is 4.20. The van der Waals surface area contributed by atoms with Crippen molar-refractivity contribution in [3.63, 3.8) is 0 Å². The van der Waals surface area contributed by atoms with Crippen LogP contribution in [0.5, 0.6) is 0 Å². The van der Waals surface area contributed by atoms with Crippen LogP contribution in [0.3, 0.4) is 0 Å². The van der Waals surface area contributed by atoms with Crippen molar-refractivity contribution < 1.29 is 24.2 Å². The highest BCUT2D eigenvalue weighted by Gasteiger charge is 2.43. The summed E-state index contributed by atoms with van der Waals surface area (Å²) in [5.74, 6) is 1.12. The van der Waals surface area contributed by atoms with E-state index in [1.807, 2.05) is 42.1 Å². The van der Waals surface area contributed by atoms with Crippen LogP contribution in [0.4, 0.5) is 0 Å². The molecule has 0 aliphatic carbocycles. The van der Waals surface area contributed by atoms with Gasteiger partial charge in [-0.15, -0.1) is 0 Å². The summed E-state index contributed by atoms with van der Waals surface area (Å²) in [6.07, 6.45) is 2.67. The molecule has 2 N–H and O–H groups in total. The van der Waals surface area contributed by atoms with Crippen LogP contribution in [0.1, 0.15) is 38.7 Å². The number of fused-ring (bicyclic) bond motifs is 1. The quantitative estimate of drug-likeness (QED) is 0.545. The lowest BCUT2D eigenvalue weighted by molar-refractivity contribution is -0.156. The van der Waals surface area contributed by atoms with Gasteiger partial charge in [0, 0.05) is 6.54 Å². The molecule has 8 heteroatoms. The molecule has 5 atom stereocenters. The lowest BCUT2D eigenvalue weighted by atomic mass is 9.81. The molecule has 32 heavy (non-hydrogen) atoms. The van der Waals surface area contributed by atoms with Crippen LogP contribution in [0.2, 0.25) is 0 Å². The standard InChI is InChI=1S/C24H34N2O5S/c1-3-31-24(30)20(10-9-17-7-5-4-6-8-17)25-16(2)22(27)26-14-18-11-12-32-15-19(18)13-21(26)23(28)29/h4-8,16,18-21,25H,3,9-15H2,1-2H3,(H,28,29)/t16-,18?,19?,20?,21-/m0/s1. The Balaban J connectivity index is 1.67. The minimum atomic E-state index is -0.953. The zero-order valence-electron chi connectivity index (χ0n) is 18.9. The zero-order chi connectivity index (χ0) is 23.1. The summed E-state index contributed by atoms with van der Waals surface area (Å²) in [5, 5.41) is 12.9. The van der Waals surface area contributed by atoms with Gasteiger partial charge in [-0.3, -0.25) is 14.9 Å². The van der Waals surface area contributed by atoms with Crippen molar-refractivity contribution in [3.05, 3.63) is 35.9 Å². The van der Waals surface area contributed by atoms with Gasteiger partial charge in [-0.2, -0.15) is 11.8 Å². The van der Waals surface area contributed by atoms with Crippen LogP contribution >= 0.6 is 11.8 Å². The third kappa shape index (κ3) is 6.25. The van der Waals surface area contributed by atoms with E-state index < -0.39 is 24.1 Å². The number of carbonyl (C=O) groups is 3. The Kier molecular flexibility index (Phi) is 8.99. The minimum Gasteiger partial charge on any atom is -0.480 e. The first-order chi connectivity index (χ1) is 15.4. The van der Waals surface area contributed by atoms with Crippen LogP contribution in [-0.4, -0.2) is 70.6 Å². The summed E-state index contributed by atoms with van der Waals surface area (Å²) >= 11 is 1.87. The number of carbonyl (C=O) groups excluding carboxylic acids is 2. The van der Waals surface area contributed by atoms with Gasteiger partial charge in [0.05, 0.1) is 12.6 Å². The van der Waals surface area contributed by atoms with E-state index in [2.05, 4.69) is 5.32 Å². The third-order valence-electron chi connectivity index (χ3n) is 6.49. The van der Waals surface area contributed by atoms with Gasteiger partial charge in [-0.25, -0.2) is 4.79 Å². The Morgan fingerprint density at radius 1 is 1.25 bits per heavy atom. The van der Waals surface area contributed by atoms with Gasteiger partial charge < -0.3 is 14.7 Å². The number of piperidine rings is 1. The van der Waals surface area contributed by atoms with Gasteiger partial charge in [0.1, 0.15) is 12.1 Å². The van der Waals surface area contributed by atoms with E-state index in [1.54, 1.807) is 13.8 Å². The Morgan fingerprint density at radius 2 is 2.00 bits per heavy atom. The number of nitrogens with zero attached hydrogens (tertiary/aromatic N) is 1. The lowest BCUT2D eigenvalue weighted by Gasteiger charge is -2.45. The normalized spacial score (nSPS) is 24.8. The van der Waals surface area contributed by atoms with Gasteiger partial charge in [-0.05, 0) is 68.4 Å². The molecule has 0 radical (unpaired) electrons. The summed E-state index contributed by atoms with van der Waals surface area (Å²) in [5.41, 5.74) is 1.10. The van der Waals surface area contributed by atoms with Crippen LogP contribution in [0, 0.1) is 11.8 Å². The van der Waals surface area contributed by atoms with Crippen LogP contribution in [0.15, 0.2) is 30.3 Å². The lowest BCUT2D eigenvalue weighted by Crippen LogP contribution is -2.59. The molecule has 0 spiro atoms. The minimum absolute atomic E-state index is 0.261. The number of hydrogen-bond donors (Lipinski definition) is 2. The molecular weight excluding hydrogens is 428 g/mol. The number of nitrogens with one attached hydrogen (secondary N) is 1. The van der Waals surface area contributed by atoms with Gasteiger partial charge in [0.15, 0.2) is 0 Å². The van der Waals surface area contributed by atoms with E-state index in [1.165, 1.54) is 4.90 Å². The number of aliphatic carboxylic acids is 1. The number of carboxylic acid groups (broad SMARTS) is 1.